The number of ether oxygens (including phenoxy) is 1. The number of methoxy groups -OCH3 is 1. The van der Waals surface area contributed by atoms with Crippen LogP contribution in [0.3, 0.4) is 0 Å². The number of nitrogens with one attached hydrogen (secondary N) is 1. The summed E-state index contributed by atoms with van der Waals surface area (Å²) in [6, 6.07) is 14.5. The van der Waals surface area contributed by atoms with E-state index in [1.54, 1.807) is 0 Å². The fraction of sp³-hybridized carbons (Fsp3) is 0.250. The molecule has 1 aliphatic rings. The number of benzene rings is 2. The monoisotopic (exact) mass is 352 g/mol. The Hall–Kier alpha value is -3.15. The Morgan fingerprint density at radius 2 is 1.58 bits per heavy atom. The highest BCUT2D eigenvalue weighted by Gasteiger charge is 2.34. The molecule has 6 nitrogen and oxygen atoms in total. The van der Waals surface area contributed by atoms with Gasteiger partial charge in [0.2, 0.25) is 11.8 Å². The molecule has 26 heavy (non-hydrogen) atoms. The van der Waals surface area contributed by atoms with Crippen LogP contribution < -0.4 is 11.1 Å². The molecule has 1 aliphatic carbocycles. The van der Waals surface area contributed by atoms with Gasteiger partial charge in [0, 0.05) is 6.42 Å². The molecular weight excluding hydrogens is 332 g/mol. The number of carbonyl (C=O) groups excluding carboxylic acids is 3. The highest BCUT2D eigenvalue weighted by molar-refractivity contribution is 5.98. The van der Waals surface area contributed by atoms with Crippen LogP contribution in [-0.4, -0.2) is 30.9 Å². The van der Waals surface area contributed by atoms with Gasteiger partial charge in [0.05, 0.1) is 13.0 Å². The Morgan fingerprint density at radius 1 is 1.04 bits per heavy atom. The molecule has 0 saturated carbocycles. The van der Waals surface area contributed by atoms with E-state index in [1.807, 2.05) is 48.5 Å². The molecule has 0 saturated heterocycles. The van der Waals surface area contributed by atoms with Crippen molar-refractivity contribution in [1.29, 1.82) is 0 Å². The fourth-order valence-electron chi connectivity index (χ4n) is 3.34. The number of hydrogen-bond acceptors (Lipinski definition) is 4. The molecule has 3 N–H and O–H groups in total. The van der Waals surface area contributed by atoms with Crippen LogP contribution in [-0.2, 0) is 19.1 Å². The smallest absolute Gasteiger partial charge is 0.305 e. The number of nitrogens with two attached hydrogens (primary N) is 1. The SMILES string of the molecule is COC(=O)CC[C@@H](NC(=O)C1c2ccccc2-c2ccccc21)C(N)=O. The maximum atomic E-state index is 13.0. The molecule has 1 atom stereocenters. The van der Waals surface area contributed by atoms with E-state index < -0.39 is 23.8 Å². The molecule has 0 bridgehead atoms. The van der Waals surface area contributed by atoms with Crippen LogP contribution >= 0.6 is 0 Å². The predicted octanol–water partition coefficient (Wildman–Crippen LogP) is 1.72. The zero-order chi connectivity index (χ0) is 18.7. The third kappa shape index (κ3) is 3.31. The molecule has 0 aliphatic heterocycles. The highest BCUT2D eigenvalue weighted by Crippen LogP contribution is 2.44. The van der Waals surface area contributed by atoms with E-state index in [-0.39, 0.29) is 18.7 Å². The molecule has 134 valence electrons. The first-order chi connectivity index (χ1) is 12.5. The number of hydrogen-bond donors (Lipinski definition) is 2. The van der Waals surface area contributed by atoms with Gasteiger partial charge < -0.3 is 15.8 Å². The summed E-state index contributed by atoms with van der Waals surface area (Å²) in [6.45, 7) is 0. The zero-order valence-electron chi connectivity index (χ0n) is 14.4. The molecule has 0 radical (unpaired) electrons. The van der Waals surface area contributed by atoms with Crippen LogP contribution in [0.5, 0.6) is 0 Å². The van der Waals surface area contributed by atoms with Gasteiger partial charge in [-0.3, -0.25) is 14.4 Å². The minimum atomic E-state index is -0.929. The number of rotatable bonds is 6. The molecule has 0 aromatic heterocycles. The van der Waals surface area contributed by atoms with E-state index in [9.17, 15) is 14.4 Å². The number of esters is 1. The summed E-state index contributed by atoms with van der Waals surface area (Å²) in [5, 5.41) is 2.70. The van der Waals surface area contributed by atoms with Gasteiger partial charge in [0.1, 0.15) is 6.04 Å². The molecule has 2 aromatic rings. The number of fused-ring (bicyclic) bond motifs is 3. The van der Waals surface area contributed by atoms with Crippen LogP contribution in [0.15, 0.2) is 48.5 Å². The second-order valence-corrected chi connectivity index (χ2v) is 6.19. The Labute approximate surface area is 151 Å². The van der Waals surface area contributed by atoms with Crippen molar-refractivity contribution in [2.45, 2.75) is 24.8 Å². The van der Waals surface area contributed by atoms with Crippen molar-refractivity contribution in [3.63, 3.8) is 0 Å². The predicted molar refractivity (Wildman–Crippen MR) is 96.1 cm³/mol. The second-order valence-electron chi connectivity index (χ2n) is 6.19. The standard InChI is InChI=1S/C20H20N2O4/c1-26-17(23)11-10-16(19(21)24)22-20(25)18-14-8-4-2-6-12(14)13-7-3-5-9-15(13)18/h2-9,16,18H,10-11H2,1H3,(H2,21,24)(H,22,25)/t16-/m1/s1. The van der Waals surface area contributed by atoms with E-state index in [4.69, 9.17) is 5.73 Å². The molecular formula is C20H20N2O4. The van der Waals surface area contributed by atoms with Crippen LogP contribution in [0, 0.1) is 0 Å². The Morgan fingerprint density at radius 3 is 2.08 bits per heavy atom. The van der Waals surface area contributed by atoms with Crippen molar-refractivity contribution in [3.05, 3.63) is 59.7 Å². The Kier molecular flexibility index (Phi) is 5.02. The van der Waals surface area contributed by atoms with Gasteiger partial charge >= 0.3 is 5.97 Å². The van der Waals surface area contributed by atoms with Crippen LogP contribution in [0.2, 0.25) is 0 Å². The average molecular weight is 352 g/mol. The van der Waals surface area contributed by atoms with Crippen molar-refractivity contribution >= 4 is 17.8 Å². The summed E-state index contributed by atoms with van der Waals surface area (Å²) in [6.07, 6.45) is 0.103. The Bertz CT molecular complexity index is 817. The van der Waals surface area contributed by atoms with Crippen molar-refractivity contribution < 1.29 is 19.1 Å². The quantitative estimate of drug-likeness (QED) is 0.774. The summed E-state index contributed by atoms with van der Waals surface area (Å²) >= 11 is 0. The van der Waals surface area contributed by atoms with Crippen molar-refractivity contribution in [1.82, 2.24) is 5.32 Å². The minimum absolute atomic E-state index is 0.00221. The summed E-state index contributed by atoms with van der Waals surface area (Å²) in [5.41, 5.74) is 9.19. The van der Waals surface area contributed by atoms with Crippen molar-refractivity contribution in [3.8, 4) is 11.1 Å². The van der Waals surface area contributed by atoms with E-state index >= 15 is 0 Å². The summed E-state index contributed by atoms with van der Waals surface area (Å²) in [7, 11) is 1.27. The molecule has 2 aromatic carbocycles. The first-order valence-corrected chi connectivity index (χ1v) is 8.37. The van der Waals surface area contributed by atoms with Gasteiger partial charge in [-0.05, 0) is 28.7 Å². The maximum absolute atomic E-state index is 13.0. The number of primary amides is 1. The highest BCUT2D eigenvalue weighted by atomic mass is 16.5. The lowest BCUT2D eigenvalue weighted by Gasteiger charge is -2.19. The molecule has 6 heteroatoms. The van der Waals surface area contributed by atoms with Gasteiger partial charge in [-0.2, -0.15) is 0 Å². The molecule has 0 fully saturated rings. The van der Waals surface area contributed by atoms with Gasteiger partial charge in [0.25, 0.3) is 0 Å². The molecule has 2 amide bonds. The fourth-order valence-corrected chi connectivity index (χ4v) is 3.34. The van der Waals surface area contributed by atoms with E-state index in [2.05, 4.69) is 10.1 Å². The largest absolute Gasteiger partial charge is 0.469 e. The maximum Gasteiger partial charge on any atom is 0.305 e. The lowest BCUT2D eigenvalue weighted by molar-refractivity contribution is -0.141. The van der Waals surface area contributed by atoms with Crippen molar-refractivity contribution in [2.75, 3.05) is 7.11 Å². The van der Waals surface area contributed by atoms with Crippen LogP contribution in [0.25, 0.3) is 11.1 Å². The summed E-state index contributed by atoms with van der Waals surface area (Å²) < 4.78 is 4.57. The van der Waals surface area contributed by atoms with Crippen LogP contribution in [0.1, 0.15) is 29.9 Å². The average Bonchev–Trinajstić information content (AvgIpc) is 2.99. The summed E-state index contributed by atoms with van der Waals surface area (Å²) in [5.74, 6) is -1.96. The lowest BCUT2D eigenvalue weighted by atomic mass is 9.95. The van der Waals surface area contributed by atoms with Crippen LogP contribution in [0.4, 0.5) is 0 Å². The van der Waals surface area contributed by atoms with E-state index in [1.165, 1.54) is 7.11 Å². The number of carbonyl (C=O) groups is 3. The normalized spacial score (nSPS) is 13.4. The van der Waals surface area contributed by atoms with E-state index in [0.717, 1.165) is 22.3 Å². The van der Waals surface area contributed by atoms with Gasteiger partial charge in [0.15, 0.2) is 0 Å². The Balaban J connectivity index is 1.85. The minimum Gasteiger partial charge on any atom is -0.469 e. The number of amides is 2. The molecule has 3 rings (SSSR count). The zero-order valence-corrected chi connectivity index (χ0v) is 14.4. The van der Waals surface area contributed by atoms with Gasteiger partial charge in [-0.15, -0.1) is 0 Å². The molecule has 0 unspecified atom stereocenters. The summed E-state index contributed by atoms with van der Waals surface area (Å²) in [4.78, 5) is 36.0. The molecule has 0 spiro atoms. The van der Waals surface area contributed by atoms with Gasteiger partial charge in [-0.25, -0.2) is 0 Å². The first-order valence-electron chi connectivity index (χ1n) is 8.37. The second kappa shape index (κ2) is 7.39. The van der Waals surface area contributed by atoms with Crippen molar-refractivity contribution in [2.24, 2.45) is 5.73 Å². The van der Waals surface area contributed by atoms with Gasteiger partial charge in [-0.1, -0.05) is 48.5 Å². The third-order valence-corrected chi connectivity index (χ3v) is 4.62. The third-order valence-electron chi connectivity index (χ3n) is 4.62. The first kappa shape index (κ1) is 17.7. The lowest BCUT2D eigenvalue weighted by Crippen LogP contribution is -2.46. The molecule has 0 heterocycles. The topological polar surface area (TPSA) is 98.5 Å². The van der Waals surface area contributed by atoms with E-state index in [0.29, 0.717) is 0 Å².